The molecule has 34 heavy (non-hydrogen) atoms. The molecule has 0 aromatic heterocycles. The van der Waals surface area contributed by atoms with Crippen LogP contribution in [0.15, 0.2) is 63.7 Å². The topological polar surface area (TPSA) is 41.9 Å². The van der Waals surface area contributed by atoms with Gasteiger partial charge in [0.05, 0.1) is 11.3 Å². The maximum atomic E-state index is 14.2. The molecule has 0 atom stereocenters. The van der Waals surface area contributed by atoms with Crippen LogP contribution in [0.5, 0.6) is 5.75 Å². The molecule has 0 unspecified atom stereocenters. The number of ether oxygens (including phenoxy) is 1. The van der Waals surface area contributed by atoms with E-state index in [1.54, 1.807) is 24.3 Å². The molecule has 0 aliphatic carbocycles. The Labute approximate surface area is 199 Å². The van der Waals surface area contributed by atoms with Crippen LogP contribution >= 0.6 is 15.9 Å². The SMILES string of the molecule is CC1=NN(c2c(F)c(F)c(F)c(F)c2F)C(=O)/C1=C\c1cccc(OCc2ccc(Br)cc2)c1. The smallest absolute Gasteiger partial charge is 0.280 e. The second kappa shape index (κ2) is 9.38. The van der Waals surface area contributed by atoms with E-state index in [-0.39, 0.29) is 16.3 Å². The largest absolute Gasteiger partial charge is 0.489 e. The quantitative estimate of drug-likeness (QED) is 0.161. The molecule has 3 aromatic rings. The molecule has 0 fully saturated rings. The molecule has 0 bridgehead atoms. The number of carbonyl (C=O) groups is 1. The molecule has 10 heteroatoms. The third kappa shape index (κ3) is 4.45. The number of carbonyl (C=O) groups excluding carboxylic acids is 1. The number of halogens is 6. The third-order valence-electron chi connectivity index (χ3n) is 4.95. The standard InChI is InChI=1S/C24H14BrF5N2O2/c1-12-17(24(33)32(31-12)23-21(29)19(27)18(26)20(28)22(23)30)10-14-3-2-4-16(9-14)34-11-13-5-7-15(25)8-6-13/h2-10H,11H2,1H3/b17-10-. The van der Waals surface area contributed by atoms with Gasteiger partial charge in [0.15, 0.2) is 23.3 Å². The Hall–Kier alpha value is -3.53. The van der Waals surface area contributed by atoms with Gasteiger partial charge in [-0.05, 0) is 48.4 Å². The van der Waals surface area contributed by atoms with Gasteiger partial charge in [-0.2, -0.15) is 10.1 Å². The number of hydrogen-bond acceptors (Lipinski definition) is 3. The summed E-state index contributed by atoms with van der Waals surface area (Å²) in [6, 6.07) is 14.2. The molecular weight excluding hydrogens is 523 g/mol. The molecular formula is C24H14BrF5N2O2. The zero-order valence-corrected chi connectivity index (χ0v) is 19.0. The van der Waals surface area contributed by atoms with Crippen molar-refractivity contribution in [1.29, 1.82) is 0 Å². The molecule has 1 amide bonds. The zero-order valence-electron chi connectivity index (χ0n) is 17.4. The van der Waals surface area contributed by atoms with Crippen molar-refractivity contribution in [2.45, 2.75) is 13.5 Å². The molecule has 1 aliphatic heterocycles. The third-order valence-corrected chi connectivity index (χ3v) is 5.48. The summed E-state index contributed by atoms with van der Waals surface area (Å²) in [5.41, 5.74) is -0.0373. The Morgan fingerprint density at radius 2 is 1.56 bits per heavy atom. The van der Waals surface area contributed by atoms with Crippen LogP contribution in [0.25, 0.3) is 6.08 Å². The van der Waals surface area contributed by atoms with E-state index < -0.39 is 40.7 Å². The predicted octanol–water partition coefficient (Wildman–Crippen LogP) is 6.53. The summed E-state index contributed by atoms with van der Waals surface area (Å²) in [5.74, 6) is -11.5. The summed E-state index contributed by atoms with van der Waals surface area (Å²) in [6.45, 7) is 1.67. The first-order valence-electron chi connectivity index (χ1n) is 9.78. The van der Waals surface area contributed by atoms with Crippen molar-refractivity contribution in [2.75, 3.05) is 5.01 Å². The fourth-order valence-electron chi connectivity index (χ4n) is 3.22. The lowest BCUT2D eigenvalue weighted by molar-refractivity contribution is -0.114. The van der Waals surface area contributed by atoms with Crippen LogP contribution in [0.3, 0.4) is 0 Å². The van der Waals surface area contributed by atoms with Crippen molar-refractivity contribution in [1.82, 2.24) is 0 Å². The summed E-state index contributed by atoms with van der Waals surface area (Å²) in [6.07, 6.45) is 1.39. The maximum Gasteiger partial charge on any atom is 0.280 e. The van der Waals surface area contributed by atoms with E-state index in [0.717, 1.165) is 10.0 Å². The molecule has 4 nitrogen and oxygen atoms in total. The highest BCUT2D eigenvalue weighted by molar-refractivity contribution is 9.10. The highest BCUT2D eigenvalue weighted by Crippen LogP contribution is 2.34. The first kappa shape index (κ1) is 23.6. The highest BCUT2D eigenvalue weighted by atomic mass is 79.9. The van der Waals surface area contributed by atoms with Crippen molar-refractivity contribution in [2.24, 2.45) is 5.10 Å². The van der Waals surface area contributed by atoms with Gasteiger partial charge in [0.1, 0.15) is 18.0 Å². The van der Waals surface area contributed by atoms with Gasteiger partial charge in [0.2, 0.25) is 5.82 Å². The lowest BCUT2D eigenvalue weighted by Crippen LogP contribution is -2.25. The van der Waals surface area contributed by atoms with Crippen molar-refractivity contribution in [3.63, 3.8) is 0 Å². The summed E-state index contributed by atoms with van der Waals surface area (Å²) >= 11 is 3.36. The molecule has 4 rings (SSSR count). The van der Waals surface area contributed by atoms with Crippen molar-refractivity contribution in [3.05, 3.63) is 98.8 Å². The number of benzene rings is 3. The molecule has 174 valence electrons. The molecule has 0 radical (unpaired) electrons. The molecule has 0 N–H and O–H groups in total. The van der Waals surface area contributed by atoms with E-state index in [1.165, 1.54) is 13.0 Å². The Balaban J connectivity index is 1.60. The summed E-state index contributed by atoms with van der Waals surface area (Å²) in [4.78, 5) is 12.8. The van der Waals surface area contributed by atoms with Gasteiger partial charge in [-0.3, -0.25) is 4.79 Å². The van der Waals surface area contributed by atoms with Crippen molar-refractivity contribution < 1.29 is 31.5 Å². The highest BCUT2D eigenvalue weighted by Gasteiger charge is 2.37. The van der Waals surface area contributed by atoms with Gasteiger partial charge < -0.3 is 4.74 Å². The second-order valence-electron chi connectivity index (χ2n) is 7.27. The van der Waals surface area contributed by atoms with E-state index in [0.29, 0.717) is 17.9 Å². The van der Waals surface area contributed by atoms with Gasteiger partial charge in [-0.25, -0.2) is 22.0 Å². The molecule has 0 saturated carbocycles. The molecule has 3 aromatic carbocycles. The van der Waals surface area contributed by atoms with Gasteiger partial charge in [-0.1, -0.05) is 40.2 Å². The van der Waals surface area contributed by atoms with Crippen molar-refractivity contribution in [3.8, 4) is 5.75 Å². The van der Waals surface area contributed by atoms with Gasteiger partial charge >= 0.3 is 0 Å². The summed E-state index contributed by atoms with van der Waals surface area (Å²) in [5, 5.41) is 3.89. The van der Waals surface area contributed by atoms with Crippen LogP contribution in [-0.2, 0) is 11.4 Å². The van der Waals surface area contributed by atoms with Gasteiger partial charge in [-0.15, -0.1) is 0 Å². The van der Waals surface area contributed by atoms with Crippen molar-refractivity contribution >= 4 is 39.3 Å². The van der Waals surface area contributed by atoms with E-state index in [1.807, 2.05) is 24.3 Å². The minimum absolute atomic E-state index is 0.0372. The molecule has 1 heterocycles. The second-order valence-corrected chi connectivity index (χ2v) is 8.18. The van der Waals surface area contributed by atoms with Crippen LogP contribution < -0.4 is 9.75 Å². The average molecular weight is 537 g/mol. The molecule has 0 spiro atoms. The van der Waals surface area contributed by atoms with Crippen LogP contribution in [0.4, 0.5) is 27.6 Å². The lowest BCUT2D eigenvalue weighted by Gasteiger charge is -2.15. The number of rotatable bonds is 5. The number of hydrogen-bond donors (Lipinski definition) is 0. The first-order chi connectivity index (χ1) is 16.2. The minimum atomic E-state index is -2.32. The first-order valence-corrected chi connectivity index (χ1v) is 10.6. The number of anilines is 1. The Bertz CT molecular complexity index is 1330. The fourth-order valence-corrected chi connectivity index (χ4v) is 3.49. The van der Waals surface area contributed by atoms with Crippen LogP contribution in [-0.4, -0.2) is 11.6 Å². The van der Waals surface area contributed by atoms with E-state index >= 15 is 0 Å². The average Bonchev–Trinajstić information content (AvgIpc) is 3.09. The van der Waals surface area contributed by atoms with Gasteiger partial charge in [0, 0.05) is 4.47 Å². The minimum Gasteiger partial charge on any atom is -0.489 e. The van der Waals surface area contributed by atoms with Gasteiger partial charge in [0.25, 0.3) is 5.91 Å². The van der Waals surface area contributed by atoms with Crippen LogP contribution in [0, 0.1) is 29.1 Å². The Morgan fingerprint density at radius 3 is 2.21 bits per heavy atom. The van der Waals surface area contributed by atoms with Crippen LogP contribution in [0.1, 0.15) is 18.1 Å². The fraction of sp³-hybridized carbons (Fsp3) is 0.0833. The molecule has 0 saturated heterocycles. The van der Waals surface area contributed by atoms with E-state index in [2.05, 4.69) is 21.0 Å². The number of hydrazone groups is 1. The number of nitrogens with zero attached hydrogens (tertiary/aromatic N) is 2. The normalized spacial score (nSPS) is 14.7. The zero-order chi connectivity index (χ0) is 24.6. The lowest BCUT2D eigenvalue weighted by atomic mass is 10.1. The summed E-state index contributed by atoms with van der Waals surface area (Å²) in [7, 11) is 0. The number of amides is 1. The summed E-state index contributed by atoms with van der Waals surface area (Å²) < 4.78 is 75.6. The Morgan fingerprint density at radius 1 is 0.941 bits per heavy atom. The van der Waals surface area contributed by atoms with Crippen LogP contribution in [0.2, 0.25) is 0 Å². The maximum absolute atomic E-state index is 14.2. The molecule has 1 aliphatic rings. The monoisotopic (exact) mass is 536 g/mol. The van der Waals surface area contributed by atoms with E-state index in [4.69, 9.17) is 4.74 Å². The predicted molar refractivity (Wildman–Crippen MR) is 120 cm³/mol. The van der Waals surface area contributed by atoms with E-state index in [9.17, 15) is 26.7 Å². The Kier molecular flexibility index (Phi) is 6.52.